The highest BCUT2D eigenvalue weighted by Crippen LogP contribution is 2.17. The Hall–Kier alpha value is -3.81. The molecule has 0 saturated carbocycles. The van der Waals surface area contributed by atoms with E-state index in [4.69, 9.17) is 0 Å². The minimum atomic E-state index is -0.395. The molecule has 2 aromatic heterocycles. The summed E-state index contributed by atoms with van der Waals surface area (Å²) < 4.78 is 17.4. The van der Waals surface area contributed by atoms with Crippen LogP contribution in [-0.2, 0) is 24.8 Å². The van der Waals surface area contributed by atoms with E-state index in [-0.39, 0.29) is 24.4 Å². The zero-order valence-corrected chi connectivity index (χ0v) is 16.6. The maximum absolute atomic E-state index is 14.5. The van der Waals surface area contributed by atoms with Gasteiger partial charge in [-0.3, -0.25) is 9.59 Å². The molecule has 7 nitrogen and oxygen atoms in total. The maximum atomic E-state index is 14.5. The number of hydrogen-bond donors (Lipinski definition) is 1. The topological polar surface area (TPSA) is 81.8 Å². The highest BCUT2D eigenvalue weighted by molar-refractivity contribution is 5.88. The van der Waals surface area contributed by atoms with E-state index >= 15 is 0 Å². The average molecular weight is 405 g/mol. The Morgan fingerprint density at radius 1 is 1.17 bits per heavy atom. The van der Waals surface area contributed by atoms with Gasteiger partial charge in [-0.2, -0.15) is 5.10 Å². The number of halogens is 1. The van der Waals surface area contributed by atoms with Gasteiger partial charge in [0.2, 0.25) is 5.91 Å². The Balaban J connectivity index is 1.48. The number of amides is 1. The van der Waals surface area contributed by atoms with Gasteiger partial charge in [-0.05, 0) is 30.7 Å². The number of aryl methyl sites for hydroxylation is 2. The van der Waals surface area contributed by atoms with Crippen molar-refractivity contribution in [1.82, 2.24) is 24.6 Å². The second kappa shape index (κ2) is 7.90. The first kappa shape index (κ1) is 19.5. The normalized spacial score (nSPS) is 11.0. The van der Waals surface area contributed by atoms with E-state index in [0.29, 0.717) is 33.5 Å². The maximum Gasteiger partial charge on any atom is 0.274 e. The molecule has 0 aliphatic carbocycles. The number of imidazole rings is 1. The molecule has 1 amide bonds. The van der Waals surface area contributed by atoms with E-state index in [0.717, 1.165) is 0 Å². The van der Waals surface area contributed by atoms with E-state index in [1.165, 1.54) is 10.7 Å². The molecule has 2 aromatic carbocycles. The number of carbonyl (C=O) groups is 1. The van der Waals surface area contributed by atoms with Crippen molar-refractivity contribution < 1.29 is 9.18 Å². The number of carbonyl (C=O) groups excluding carboxylic acids is 1. The molecule has 8 heteroatoms. The molecule has 0 atom stereocenters. The molecule has 0 radical (unpaired) electrons. The van der Waals surface area contributed by atoms with Crippen molar-refractivity contribution in [2.75, 3.05) is 0 Å². The minimum Gasteiger partial charge on any atom is -0.352 e. The number of aromatic nitrogens is 4. The molecular weight excluding hydrogens is 385 g/mol. The molecule has 0 unspecified atom stereocenters. The van der Waals surface area contributed by atoms with Crippen LogP contribution in [0.4, 0.5) is 4.39 Å². The van der Waals surface area contributed by atoms with Crippen LogP contribution < -0.4 is 10.9 Å². The summed E-state index contributed by atoms with van der Waals surface area (Å²) in [4.78, 5) is 28.8. The van der Waals surface area contributed by atoms with Crippen molar-refractivity contribution >= 4 is 16.7 Å². The van der Waals surface area contributed by atoms with Gasteiger partial charge in [-0.15, -0.1) is 0 Å². The summed E-state index contributed by atoms with van der Waals surface area (Å²) in [5.74, 6) is 0.0294. The molecule has 0 fully saturated rings. The quantitative estimate of drug-likeness (QED) is 0.553. The number of nitrogens with zero attached hydrogens (tertiary/aromatic N) is 4. The van der Waals surface area contributed by atoms with Crippen LogP contribution in [0.2, 0.25) is 0 Å². The van der Waals surface area contributed by atoms with Crippen molar-refractivity contribution in [1.29, 1.82) is 0 Å². The van der Waals surface area contributed by atoms with Crippen molar-refractivity contribution in [3.63, 3.8) is 0 Å². The van der Waals surface area contributed by atoms with Crippen LogP contribution in [0, 0.1) is 12.7 Å². The molecule has 2 heterocycles. The van der Waals surface area contributed by atoms with Crippen LogP contribution in [0.3, 0.4) is 0 Å². The highest BCUT2D eigenvalue weighted by atomic mass is 19.1. The van der Waals surface area contributed by atoms with Crippen molar-refractivity contribution in [3.8, 4) is 5.69 Å². The SMILES string of the molecule is Cc1nccn1-c1ccc(CNC(=O)Cc2nn(C)c(=O)c3ccccc23)cc1F. The molecule has 4 rings (SSSR count). The molecule has 4 aromatic rings. The Morgan fingerprint density at radius 2 is 1.93 bits per heavy atom. The molecule has 0 spiro atoms. The van der Waals surface area contributed by atoms with Crippen LogP contribution in [0.1, 0.15) is 17.1 Å². The average Bonchev–Trinajstić information content (AvgIpc) is 3.16. The summed E-state index contributed by atoms with van der Waals surface area (Å²) in [6, 6.07) is 11.9. The standard InChI is InChI=1S/C22H20FN5O2/c1-14-24-9-10-28(14)20-8-7-15(11-18(20)23)13-25-21(29)12-19-16-5-3-4-6-17(16)22(30)27(2)26-19/h3-11H,12-13H2,1-2H3,(H,25,29). The first-order valence-electron chi connectivity index (χ1n) is 9.44. The largest absolute Gasteiger partial charge is 0.352 e. The van der Waals surface area contributed by atoms with Crippen molar-refractivity contribution in [2.45, 2.75) is 19.9 Å². The van der Waals surface area contributed by atoms with Gasteiger partial charge in [-0.1, -0.05) is 24.3 Å². The van der Waals surface area contributed by atoms with Crippen LogP contribution in [0.25, 0.3) is 16.5 Å². The summed E-state index contributed by atoms with van der Waals surface area (Å²) >= 11 is 0. The molecule has 152 valence electrons. The van der Waals surface area contributed by atoms with Gasteiger partial charge in [0.05, 0.1) is 23.2 Å². The lowest BCUT2D eigenvalue weighted by Gasteiger charge is -2.11. The zero-order valence-electron chi connectivity index (χ0n) is 16.6. The van der Waals surface area contributed by atoms with Crippen molar-refractivity contribution in [2.24, 2.45) is 7.05 Å². The fourth-order valence-electron chi connectivity index (χ4n) is 3.41. The second-order valence-electron chi connectivity index (χ2n) is 7.00. The minimum absolute atomic E-state index is 0.0173. The molecule has 1 N–H and O–H groups in total. The van der Waals surface area contributed by atoms with Crippen molar-refractivity contribution in [3.05, 3.63) is 88.1 Å². The summed E-state index contributed by atoms with van der Waals surface area (Å²) in [6.45, 7) is 1.98. The van der Waals surface area contributed by atoms with E-state index in [1.807, 2.05) is 0 Å². The van der Waals surface area contributed by atoms with Gasteiger partial charge in [-0.25, -0.2) is 14.1 Å². The van der Waals surface area contributed by atoms with Crippen LogP contribution in [0.5, 0.6) is 0 Å². The zero-order chi connectivity index (χ0) is 21.3. The smallest absolute Gasteiger partial charge is 0.274 e. The summed E-state index contributed by atoms with van der Waals surface area (Å²) in [5, 5.41) is 8.19. The van der Waals surface area contributed by atoms with Gasteiger partial charge in [0, 0.05) is 31.4 Å². The predicted molar refractivity (Wildman–Crippen MR) is 111 cm³/mol. The first-order chi connectivity index (χ1) is 14.4. The third kappa shape index (κ3) is 3.71. The lowest BCUT2D eigenvalue weighted by Crippen LogP contribution is -2.27. The van der Waals surface area contributed by atoms with Crippen LogP contribution in [-0.4, -0.2) is 25.2 Å². The summed E-state index contributed by atoms with van der Waals surface area (Å²) in [6.07, 6.45) is 3.32. The van der Waals surface area contributed by atoms with Gasteiger partial charge in [0.25, 0.3) is 5.56 Å². The molecule has 0 bridgehead atoms. The van der Waals surface area contributed by atoms with Gasteiger partial charge >= 0.3 is 0 Å². The van der Waals surface area contributed by atoms with Crippen LogP contribution >= 0.6 is 0 Å². The number of benzene rings is 2. The molecule has 0 aliphatic heterocycles. The lowest BCUT2D eigenvalue weighted by atomic mass is 10.1. The summed E-state index contributed by atoms with van der Waals surface area (Å²) in [5.41, 5.74) is 1.35. The van der Waals surface area contributed by atoms with E-state index in [9.17, 15) is 14.0 Å². The Morgan fingerprint density at radius 3 is 2.63 bits per heavy atom. The second-order valence-corrected chi connectivity index (χ2v) is 7.00. The van der Waals surface area contributed by atoms with E-state index in [1.54, 1.807) is 67.3 Å². The number of fused-ring (bicyclic) bond motifs is 1. The number of nitrogens with one attached hydrogen (secondary N) is 1. The van der Waals surface area contributed by atoms with E-state index < -0.39 is 5.82 Å². The third-order valence-electron chi connectivity index (χ3n) is 4.95. The number of rotatable bonds is 5. The third-order valence-corrected chi connectivity index (χ3v) is 4.95. The Kier molecular flexibility index (Phi) is 5.14. The first-order valence-corrected chi connectivity index (χ1v) is 9.44. The Bertz CT molecular complexity index is 1310. The lowest BCUT2D eigenvalue weighted by molar-refractivity contribution is -0.120. The number of hydrogen-bond acceptors (Lipinski definition) is 4. The molecule has 0 saturated heterocycles. The van der Waals surface area contributed by atoms with Gasteiger partial charge in [0.15, 0.2) is 0 Å². The van der Waals surface area contributed by atoms with Gasteiger partial charge in [0.1, 0.15) is 11.6 Å². The molecular formula is C22H20FN5O2. The monoisotopic (exact) mass is 405 g/mol. The van der Waals surface area contributed by atoms with Crippen LogP contribution in [0.15, 0.2) is 59.7 Å². The fraction of sp³-hybridized carbons (Fsp3) is 0.182. The van der Waals surface area contributed by atoms with E-state index in [2.05, 4.69) is 15.4 Å². The summed E-state index contributed by atoms with van der Waals surface area (Å²) in [7, 11) is 1.56. The predicted octanol–water partition coefficient (Wildman–Crippen LogP) is 2.43. The van der Waals surface area contributed by atoms with Gasteiger partial charge < -0.3 is 9.88 Å². The highest BCUT2D eigenvalue weighted by Gasteiger charge is 2.13. The molecule has 30 heavy (non-hydrogen) atoms. The fourth-order valence-corrected chi connectivity index (χ4v) is 3.41. The molecule has 0 aliphatic rings. The Labute approximate surface area is 171 Å².